The number of carbonyl (C=O) groups excluding carboxylic acids is 1. The lowest BCUT2D eigenvalue weighted by atomic mass is 9.81. The Hall–Kier alpha value is -0.570. The summed E-state index contributed by atoms with van der Waals surface area (Å²) in [6.45, 7) is 2.14. The Kier molecular flexibility index (Phi) is 1.25. The van der Waals surface area contributed by atoms with Gasteiger partial charge in [0.15, 0.2) is 0 Å². The number of epoxide rings is 1. The average Bonchev–Trinajstić information content (AvgIpc) is 2.58. The second kappa shape index (κ2) is 2.08. The molecular weight excluding hydrogens is 168 g/mol. The van der Waals surface area contributed by atoms with E-state index in [0.717, 1.165) is 6.42 Å². The smallest absolute Gasteiger partial charge is 0.309 e. The highest BCUT2D eigenvalue weighted by Crippen LogP contribution is 2.65. The topological polar surface area (TPSA) is 38.8 Å². The van der Waals surface area contributed by atoms with Crippen molar-refractivity contribution in [2.24, 2.45) is 17.8 Å². The van der Waals surface area contributed by atoms with Crippen LogP contribution in [0, 0.1) is 17.8 Å². The van der Waals surface area contributed by atoms with Crippen molar-refractivity contribution in [3.63, 3.8) is 0 Å². The van der Waals surface area contributed by atoms with Gasteiger partial charge >= 0.3 is 5.97 Å². The van der Waals surface area contributed by atoms with Crippen LogP contribution < -0.4 is 0 Å². The Bertz CT molecular complexity index is 275. The minimum Gasteiger partial charge on any atom is -0.469 e. The Morgan fingerprint density at radius 1 is 1.54 bits per heavy atom. The van der Waals surface area contributed by atoms with Gasteiger partial charge in [-0.3, -0.25) is 4.79 Å². The van der Waals surface area contributed by atoms with Gasteiger partial charge in [0.1, 0.15) is 0 Å². The lowest BCUT2D eigenvalue weighted by molar-refractivity contribution is -0.147. The van der Waals surface area contributed by atoms with E-state index in [0.29, 0.717) is 17.9 Å². The van der Waals surface area contributed by atoms with Crippen LogP contribution in [0.3, 0.4) is 0 Å². The fraction of sp³-hybridized carbons (Fsp3) is 0.900. The van der Waals surface area contributed by atoms with E-state index in [1.807, 2.05) is 0 Å². The highest BCUT2D eigenvalue weighted by atomic mass is 16.6. The van der Waals surface area contributed by atoms with E-state index >= 15 is 0 Å². The lowest BCUT2D eigenvalue weighted by Crippen LogP contribution is -2.32. The molecule has 1 aliphatic heterocycles. The van der Waals surface area contributed by atoms with E-state index in [2.05, 4.69) is 6.92 Å². The molecule has 0 spiro atoms. The van der Waals surface area contributed by atoms with Crippen LogP contribution in [0.5, 0.6) is 0 Å². The predicted molar refractivity (Wildman–Crippen MR) is 45.0 cm³/mol. The summed E-state index contributed by atoms with van der Waals surface area (Å²) in [6, 6.07) is 0. The zero-order valence-electron chi connectivity index (χ0n) is 7.95. The lowest BCUT2D eigenvalue weighted by Gasteiger charge is -2.21. The maximum Gasteiger partial charge on any atom is 0.309 e. The maximum absolute atomic E-state index is 11.4. The number of rotatable bonds is 1. The standard InChI is InChI=1S/C10H14O3/c1-10-7-4-5(8(10)13-10)3-6(7)9(11)12-2/h5-8H,3-4H2,1-2H3. The van der Waals surface area contributed by atoms with Crippen LogP contribution in [-0.2, 0) is 14.3 Å². The zero-order valence-corrected chi connectivity index (χ0v) is 7.95. The molecule has 5 unspecified atom stereocenters. The molecule has 2 saturated carbocycles. The van der Waals surface area contributed by atoms with Gasteiger partial charge in [-0.15, -0.1) is 0 Å². The molecule has 0 amide bonds. The highest BCUT2D eigenvalue weighted by molar-refractivity contribution is 5.74. The molecule has 0 N–H and O–H groups in total. The molecule has 13 heavy (non-hydrogen) atoms. The summed E-state index contributed by atoms with van der Waals surface area (Å²) in [5, 5.41) is 0. The summed E-state index contributed by atoms with van der Waals surface area (Å²) < 4.78 is 10.4. The number of hydrogen-bond acceptors (Lipinski definition) is 3. The van der Waals surface area contributed by atoms with Gasteiger partial charge < -0.3 is 9.47 Å². The molecule has 3 fully saturated rings. The van der Waals surface area contributed by atoms with Crippen molar-refractivity contribution in [1.82, 2.24) is 0 Å². The molecule has 0 aromatic rings. The van der Waals surface area contributed by atoms with Crippen molar-refractivity contribution in [2.45, 2.75) is 31.5 Å². The maximum atomic E-state index is 11.4. The Balaban J connectivity index is 1.85. The Morgan fingerprint density at radius 2 is 2.31 bits per heavy atom. The van der Waals surface area contributed by atoms with Crippen LogP contribution >= 0.6 is 0 Å². The summed E-state index contributed by atoms with van der Waals surface area (Å²) in [7, 11) is 1.47. The molecule has 3 aliphatic rings. The largest absolute Gasteiger partial charge is 0.469 e. The third-order valence-electron chi connectivity index (χ3n) is 4.16. The van der Waals surface area contributed by atoms with Crippen molar-refractivity contribution in [3.8, 4) is 0 Å². The molecule has 1 saturated heterocycles. The Labute approximate surface area is 77.4 Å². The van der Waals surface area contributed by atoms with Gasteiger partial charge in [0.25, 0.3) is 0 Å². The number of ether oxygens (including phenoxy) is 2. The van der Waals surface area contributed by atoms with Crippen molar-refractivity contribution >= 4 is 5.97 Å². The molecule has 2 aliphatic carbocycles. The molecule has 72 valence electrons. The second-order valence-electron chi connectivity index (χ2n) is 4.69. The Morgan fingerprint density at radius 3 is 2.85 bits per heavy atom. The second-order valence-corrected chi connectivity index (χ2v) is 4.69. The van der Waals surface area contributed by atoms with Crippen molar-refractivity contribution in [2.75, 3.05) is 7.11 Å². The molecule has 0 radical (unpaired) electrons. The molecule has 5 atom stereocenters. The van der Waals surface area contributed by atoms with Gasteiger partial charge in [0.2, 0.25) is 0 Å². The van der Waals surface area contributed by atoms with Gasteiger partial charge in [-0.2, -0.15) is 0 Å². The SMILES string of the molecule is COC(=O)C1CC2CC1C1(C)OC21. The first kappa shape index (κ1) is 7.80. The number of esters is 1. The molecule has 3 heteroatoms. The number of carbonyl (C=O) groups is 1. The fourth-order valence-electron chi connectivity index (χ4n) is 3.47. The first-order valence-electron chi connectivity index (χ1n) is 4.92. The van der Waals surface area contributed by atoms with Crippen LogP contribution in [-0.4, -0.2) is 24.8 Å². The van der Waals surface area contributed by atoms with Gasteiger partial charge in [-0.25, -0.2) is 0 Å². The predicted octanol–water partition coefficient (Wildman–Crippen LogP) is 0.973. The third-order valence-corrected chi connectivity index (χ3v) is 4.16. The zero-order chi connectivity index (χ0) is 9.22. The van der Waals surface area contributed by atoms with Crippen molar-refractivity contribution < 1.29 is 14.3 Å². The molecule has 2 bridgehead atoms. The van der Waals surface area contributed by atoms with Crippen LogP contribution in [0.25, 0.3) is 0 Å². The van der Waals surface area contributed by atoms with Crippen LogP contribution in [0.1, 0.15) is 19.8 Å². The number of methoxy groups -OCH3 is 1. The molecule has 1 heterocycles. The first-order valence-corrected chi connectivity index (χ1v) is 4.92. The first-order chi connectivity index (χ1) is 6.16. The van der Waals surface area contributed by atoms with E-state index in [1.54, 1.807) is 0 Å². The van der Waals surface area contributed by atoms with Gasteiger partial charge in [-0.05, 0) is 25.7 Å². The summed E-state index contributed by atoms with van der Waals surface area (Å²) in [5.74, 6) is 1.12. The average molecular weight is 182 g/mol. The van der Waals surface area contributed by atoms with E-state index in [9.17, 15) is 4.79 Å². The molecule has 3 rings (SSSR count). The number of fused-ring (bicyclic) bond motifs is 5. The van der Waals surface area contributed by atoms with Gasteiger partial charge in [0, 0.05) is 5.92 Å². The monoisotopic (exact) mass is 182 g/mol. The number of hydrogen-bond donors (Lipinski definition) is 0. The molecule has 3 nitrogen and oxygen atoms in total. The highest BCUT2D eigenvalue weighted by Gasteiger charge is 2.72. The van der Waals surface area contributed by atoms with Crippen molar-refractivity contribution in [1.29, 1.82) is 0 Å². The summed E-state index contributed by atoms with van der Waals surface area (Å²) in [6.07, 6.45) is 2.61. The van der Waals surface area contributed by atoms with Crippen LogP contribution in [0.15, 0.2) is 0 Å². The van der Waals surface area contributed by atoms with E-state index in [1.165, 1.54) is 13.5 Å². The normalized spacial score (nSPS) is 56.2. The molecular formula is C10H14O3. The summed E-state index contributed by atoms with van der Waals surface area (Å²) in [5.41, 5.74) is 0.0295. The molecule has 0 aromatic carbocycles. The van der Waals surface area contributed by atoms with Crippen LogP contribution in [0.2, 0.25) is 0 Å². The van der Waals surface area contributed by atoms with E-state index < -0.39 is 0 Å². The summed E-state index contributed by atoms with van der Waals surface area (Å²) in [4.78, 5) is 11.4. The van der Waals surface area contributed by atoms with Gasteiger partial charge in [0.05, 0.1) is 24.7 Å². The van der Waals surface area contributed by atoms with E-state index in [-0.39, 0.29) is 17.5 Å². The quantitative estimate of drug-likeness (QED) is 0.448. The van der Waals surface area contributed by atoms with Crippen molar-refractivity contribution in [3.05, 3.63) is 0 Å². The van der Waals surface area contributed by atoms with Crippen LogP contribution in [0.4, 0.5) is 0 Å². The molecule has 0 aromatic heterocycles. The minimum absolute atomic E-state index is 0.0295. The third kappa shape index (κ3) is 0.766. The van der Waals surface area contributed by atoms with Gasteiger partial charge in [-0.1, -0.05) is 0 Å². The minimum atomic E-state index is -0.0392. The summed E-state index contributed by atoms with van der Waals surface area (Å²) >= 11 is 0. The van der Waals surface area contributed by atoms with E-state index in [4.69, 9.17) is 9.47 Å². The fourth-order valence-corrected chi connectivity index (χ4v) is 3.47.